The summed E-state index contributed by atoms with van der Waals surface area (Å²) >= 11 is 0. The van der Waals surface area contributed by atoms with E-state index in [1.165, 1.54) is 7.11 Å². The van der Waals surface area contributed by atoms with E-state index in [0.717, 1.165) is 11.3 Å². The minimum atomic E-state index is -0.796. The largest absolute Gasteiger partial charge is 0.465 e. The van der Waals surface area contributed by atoms with Crippen LogP contribution < -0.4 is 5.32 Å². The van der Waals surface area contributed by atoms with Gasteiger partial charge in [-0.15, -0.1) is 0 Å². The SMILES string of the molecule is COC(=O)c1ccc(NCC(O)CO)cc1C. The maximum Gasteiger partial charge on any atom is 0.338 e. The molecule has 0 radical (unpaired) electrons. The van der Waals surface area contributed by atoms with Gasteiger partial charge in [-0.25, -0.2) is 4.79 Å². The summed E-state index contributed by atoms with van der Waals surface area (Å²) in [5.74, 6) is -0.371. The molecule has 1 rings (SSSR count). The lowest BCUT2D eigenvalue weighted by Gasteiger charge is -2.12. The minimum absolute atomic E-state index is 0.257. The molecular formula is C12H17NO4. The Bertz CT molecular complexity index is 392. The van der Waals surface area contributed by atoms with E-state index in [1.54, 1.807) is 25.1 Å². The average molecular weight is 239 g/mol. The van der Waals surface area contributed by atoms with E-state index in [2.05, 4.69) is 10.1 Å². The van der Waals surface area contributed by atoms with Crippen LogP contribution in [0.1, 0.15) is 15.9 Å². The van der Waals surface area contributed by atoms with Gasteiger partial charge in [0.1, 0.15) is 0 Å². The van der Waals surface area contributed by atoms with Gasteiger partial charge < -0.3 is 20.3 Å². The van der Waals surface area contributed by atoms with E-state index in [1.807, 2.05) is 0 Å². The molecule has 1 atom stereocenters. The van der Waals surface area contributed by atoms with Gasteiger partial charge >= 0.3 is 5.97 Å². The smallest absolute Gasteiger partial charge is 0.338 e. The van der Waals surface area contributed by atoms with Gasteiger partial charge in [-0.2, -0.15) is 0 Å². The molecular weight excluding hydrogens is 222 g/mol. The van der Waals surface area contributed by atoms with Crippen molar-refractivity contribution in [2.24, 2.45) is 0 Å². The maximum atomic E-state index is 11.3. The first kappa shape index (κ1) is 13.5. The van der Waals surface area contributed by atoms with E-state index in [9.17, 15) is 9.90 Å². The Balaban J connectivity index is 2.72. The first-order valence-corrected chi connectivity index (χ1v) is 5.30. The van der Waals surface area contributed by atoms with Crippen LogP contribution in [0.25, 0.3) is 0 Å². The minimum Gasteiger partial charge on any atom is -0.465 e. The van der Waals surface area contributed by atoms with Crippen molar-refractivity contribution < 1.29 is 19.7 Å². The highest BCUT2D eigenvalue weighted by molar-refractivity contribution is 5.91. The zero-order chi connectivity index (χ0) is 12.8. The number of aliphatic hydroxyl groups is 2. The predicted molar refractivity (Wildman–Crippen MR) is 64.1 cm³/mol. The lowest BCUT2D eigenvalue weighted by atomic mass is 10.1. The Morgan fingerprint density at radius 3 is 2.76 bits per heavy atom. The zero-order valence-corrected chi connectivity index (χ0v) is 9.93. The molecule has 3 N–H and O–H groups in total. The molecule has 17 heavy (non-hydrogen) atoms. The van der Waals surface area contributed by atoms with Gasteiger partial charge in [-0.1, -0.05) is 0 Å². The predicted octanol–water partition coefficient (Wildman–Crippen LogP) is 0.547. The van der Waals surface area contributed by atoms with Gasteiger partial charge in [0.2, 0.25) is 0 Å². The van der Waals surface area contributed by atoms with Crippen LogP contribution >= 0.6 is 0 Å². The number of aliphatic hydroxyl groups excluding tert-OH is 2. The summed E-state index contributed by atoms with van der Waals surface area (Å²) in [6.45, 7) is 1.78. The van der Waals surface area contributed by atoms with Crippen LogP contribution in [0.2, 0.25) is 0 Å². The molecule has 1 aromatic rings. The molecule has 0 saturated heterocycles. The topological polar surface area (TPSA) is 78.8 Å². The van der Waals surface area contributed by atoms with Crippen molar-refractivity contribution in [3.05, 3.63) is 29.3 Å². The molecule has 0 aliphatic carbocycles. The number of methoxy groups -OCH3 is 1. The summed E-state index contributed by atoms with van der Waals surface area (Å²) in [6.07, 6.45) is -0.796. The van der Waals surface area contributed by atoms with Crippen molar-refractivity contribution in [3.8, 4) is 0 Å². The number of hydrogen-bond acceptors (Lipinski definition) is 5. The summed E-state index contributed by atoms with van der Waals surface area (Å²) in [5, 5.41) is 20.8. The molecule has 94 valence electrons. The standard InChI is InChI=1S/C12H17NO4/c1-8-5-9(13-6-10(15)7-14)3-4-11(8)12(16)17-2/h3-5,10,13-15H,6-7H2,1-2H3. The van der Waals surface area contributed by atoms with E-state index in [-0.39, 0.29) is 19.1 Å². The second kappa shape index (κ2) is 6.22. The lowest BCUT2D eigenvalue weighted by Crippen LogP contribution is -2.23. The zero-order valence-electron chi connectivity index (χ0n) is 9.93. The third-order valence-electron chi connectivity index (χ3n) is 2.38. The summed E-state index contributed by atoms with van der Waals surface area (Å²) in [4.78, 5) is 11.3. The molecule has 5 heteroatoms. The number of aryl methyl sites for hydroxylation is 1. The number of ether oxygens (including phenoxy) is 1. The molecule has 0 aliphatic rings. The fourth-order valence-electron chi connectivity index (χ4n) is 1.41. The van der Waals surface area contributed by atoms with Crippen molar-refractivity contribution in [1.82, 2.24) is 0 Å². The molecule has 0 bridgehead atoms. The second-order valence-corrected chi connectivity index (χ2v) is 3.74. The molecule has 5 nitrogen and oxygen atoms in total. The molecule has 0 spiro atoms. The van der Waals surface area contributed by atoms with E-state index >= 15 is 0 Å². The van der Waals surface area contributed by atoms with Crippen molar-refractivity contribution in [2.45, 2.75) is 13.0 Å². The highest BCUT2D eigenvalue weighted by Gasteiger charge is 2.09. The van der Waals surface area contributed by atoms with Crippen LogP contribution in [-0.4, -0.2) is 42.5 Å². The molecule has 0 heterocycles. The van der Waals surface area contributed by atoms with Crippen molar-refractivity contribution in [3.63, 3.8) is 0 Å². The molecule has 0 aliphatic heterocycles. The number of hydrogen-bond donors (Lipinski definition) is 3. The monoisotopic (exact) mass is 239 g/mol. The summed E-state index contributed by atoms with van der Waals surface area (Å²) in [6, 6.07) is 5.18. The molecule has 0 fully saturated rings. The average Bonchev–Trinajstić information content (AvgIpc) is 2.35. The first-order valence-electron chi connectivity index (χ1n) is 5.30. The number of anilines is 1. The summed E-state index contributed by atoms with van der Waals surface area (Å²) in [7, 11) is 1.34. The van der Waals surface area contributed by atoms with Crippen molar-refractivity contribution >= 4 is 11.7 Å². The third kappa shape index (κ3) is 3.72. The number of benzene rings is 1. The number of carbonyl (C=O) groups is 1. The van der Waals surface area contributed by atoms with Crippen molar-refractivity contribution in [1.29, 1.82) is 0 Å². The second-order valence-electron chi connectivity index (χ2n) is 3.74. The van der Waals surface area contributed by atoms with Crippen LogP contribution in [0, 0.1) is 6.92 Å². The molecule has 1 unspecified atom stereocenters. The van der Waals surface area contributed by atoms with Crippen LogP contribution in [0.15, 0.2) is 18.2 Å². The fourth-order valence-corrected chi connectivity index (χ4v) is 1.41. The maximum absolute atomic E-state index is 11.3. The first-order chi connectivity index (χ1) is 8.08. The van der Waals surface area contributed by atoms with Crippen LogP contribution in [0.5, 0.6) is 0 Å². The Hall–Kier alpha value is -1.59. The third-order valence-corrected chi connectivity index (χ3v) is 2.38. The van der Waals surface area contributed by atoms with E-state index in [0.29, 0.717) is 5.56 Å². The number of esters is 1. The fraction of sp³-hybridized carbons (Fsp3) is 0.417. The van der Waals surface area contributed by atoms with Gasteiger partial charge in [0.15, 0.2) is 0 Å². The van der Waals surface area contributed by atoms with Gasteiger partial charge in [-0.3, -0.25) is 0 Å². The van der Waals surface area contributed by atoms with Gasteiger partial charge in [0.05, 0.1) is 25.4 Å². The Morgan fingerprint density at radius 1 is 1.53 bits per heavy atom. The summed E-state index contributed by atoms with van der Waals surface area (Å²) < 4.78 is 4.64. The van der Waals surface area contributed by atoms with Gasteiger partial charge in [-0.05, 0) is 30.7 Å². The van der Waals surface area contributed by atoms with Crippen LogP contribution in [-0.2, 0) is 4.74 Å². The van der Waals surface area contributed by atoms with Crippen molar-refractivity contribution in [2.75, 3.05) is 25.6 Å². The molecule has 0 saturated carbocycles. The Kier molecular flexibility index (Phi) is 4.93. The quantitative estimate of drug-likeness (QED) is 0.654. The molecule has 1 aromatic carbocycles. The number of nitrogens with one attached hydrogen (secondary N) is 1. The van der Waals surface area contributed by atoms with Gasteiger partial charge in [0.25, 0.3) is 0 Å². The summed E-state index contributed by atoms with van der Waals surface area (Å²) in [5.41, 5.74) is 2.09. The van der Waals surface area contributed by atoms with Gasteiger partial charge in [0, 0.05) is 12.2 Å². The van der Waals surface area contributed by atoms with E-state index < -0.39 is 6.10 Å². The number of rotatable bonds is 5. The Morgan fingerprint density at radius 2 is 2.24 bits per heavy atom. The van der Waals surface area contributed by atoms with Crippen LogP contribution in [0.3, 0.4) is 0 Å². The highest BCUT2D eigenvalue weighted by atomic mass is 16.5. The van der Waals surface area contributed by atoms with Crippen LogP contribution in [0.4, 0.5) is 5.69 Å². The lowest BCUT2D eigenvalue weighted by molar-refractivity contribution is 0.0600. The van der Waals surface area contributed by atoms with E-state index in [4.69, 9.17) is 5.11 Å². The number of carbonyl (C=O) groups excluding carboxylic acids is 1. The molecule has 0 aromatic heterocycles. The molecule has 0 amide bonds. The highest BCUT2D eigenvalue weighted by Crippen LogP contribution is 2.15. The Labute approximate surface area is 100 Å². The normalized spacial score (nSPS) is 12.0.